The zero-order chi connectivity index (χ0) is 14.8. The predicted octanol–water partition coefficient (Wildman–Crippen LogP) is 4.85. The van der Waals surface area contributed by atoms with Gasteiger partial charge in [-0.25, -0.2) is 0 Å². The average Bonchev–Trinajstić information content (AvgIpc) is 2.52. The Labute approximate surface area is 130 Å². The summed E-state index contributed by atoms with van der Waals surface area (Å²) in [5.74, 6) is 1.14. The normalized spacial score (nSPS) is 10.3. The van der Waals surface area contributed by atoms with Crippen molar-refractivity contribution >= 4 is 32.4 Å². The van der Waals surface area contributed by atoms with Gasteiger partial charge in [0, 0.05) is 0 Å². The van der Waals surface area contributed by atoms with Crippen LogP contribution in [-0.2, 0) is 0 Å². The Morgan fingerprint density at radius 2 is 1.76 bits per heavy atom. The average molecular weight is 339 g/mol. The highest BCUT2D eigenvalue weighted by atomic mass is 79.9. The molecule has 0 unspecified atom stereocenters. The van der Waals surface area contributed by atoms with Gasteiger partial charge >= 0.3 is 0 Å². The summed E-state index contributed by atoms with van der Waals surface area (Å²) >= 11 is 3.57. The van der Waals surface area contributed by atoms with Crippen LogP contribution in [0.4, 0.5) is 5.69 Å². The van der Waals surface area contributed by atoms with Crippen LogP contribution in [0.1, 0.15) is 5.56 Å². The molecule has 3 aromatic carbocycles. The molecule has 21 heavy (non-hydrogen) atoms. The van der Waals surface area contributed by atoms with E-state index in [1.807, 2.05) is 42.5 Å². The first kappa shape index (κ1) is 13.5. The van der Waals surface area contributed by atoms with E-state index < -0.39 is 0 Å². The number of para-hydroxylation sites is 1. The highest BCUT2D eigenvalue weighted by Gasteiger charge is 2.10. The molecule has 0 fully saturated rings. The minimum Gasteiger partial charge on any atom is -0.454 e. The molecule has 3 rings (SSSR count). The first-order valence-corrected chi connectivity index (χ1v) is 7.13. The van der Waals surface area contributed by atoms with E-state index in [9.17, 15) is 0 Å². The Morgan fingerprint density at radius 3 is 2.57 bits per heavy atom. The molecule has 3 nitrogen and oxygen atoms in total. The summed E-state index contributed by atoms with van der Waals surface area (Å²) < 4.78 is 6.73. The van der Waals surface area contributed by atoms with Crippen molar-refractivity contribution in [3.8, 4) is 17.6 Å². The molecule has 102 valence electrons. The van der Waals surface area contributed by atoms with Gasteiger partial charge in [0.1, 0.15) is 11.8 Å². The lowest BCUT2D eigenvalue weighted by molar-refractivity contribution is 0.483. The lowest BCUT2D eigenvalue weighted by Crippen LogP contribution is -1.95. The number of hydrogen-bond donors (Lipinski definition) is 1. The zero-order valence-electron chi connectivity index (χ0n) is 11.0. The maximum Gasteiger partial charge on any atom is 0.151 e. The fraction of sp³-hybridized carbons (Fsp3) is 0. The second-order valence-corrected chi connectivity index (χ2v) is 5.32. The maximum absolute atomic E-state index is 9.01. The molecule has 0 atom stereocenters. The first-order valence-electron chi connectivity index (χ1n) is 6.34. The molecule has 3 aromatic rings. The fourth-order valence-corrected chi connectivity index (χ4v) is 2.72. The highest BCUT2D eigenvalue weighted by molar-refractivity contribution is 9.10. The van der Waals surface area contributed by atoms with Gasteiger partial charge in [0.2, 0.25) is 0 Å². The molecule has 0 saturated carbocycles. The zero-order valence-corrected chi connectivity index (χ0v) is 12.6. The van der Waals surface area contributed by atoms with Gasteiger partial charge in [0.05, 0.1) is 15.7 Å². The van der Waals surface area contributed by atoms with E-state index in [1.165, 1.54) is 0 Å². The number of benzene rings is 3. The third-order valence-corrected chi connectivity index (χ3v) is 4.05. The number of fused-ring (bicyclic) bond motifs is 1. The van der Waals surface area contributed by atoms with Crippen molar-refractivity contribution in [2.24, 2.45) is 0 Å². The molecule has 0 aliphatic rings. The number of nitrogen functional groups attached to an aromatic ring is 1. The molecule has 2 N–H and O–H groups in total. The minimum absolute atomic E-state index is 0.347. The van der Waals surface area contributed by atoms with Crippen LogP contribution >= 0.6 is 15.9 Å². The van der Waals surface area contributed by atoms with Crippen LogP contribution in [0.3, 0.4) is 0 Å². The van der Waals surface area contributed by atoms with Crippen molar-refractivity contribution in [1.29, 1.82) is 5.26 Å². The fourth-order valence-electron chi connectivity index (χ4n) is 2.14. The standard InChI is InChI=1S/C17H11BrN2O/c18-16-13-6-2-1-4-11(13)8-9-14(16)21-15-7-3-5-12(10-19)17(15)20/h1-9H,20H2. The van der Waals surface area contributed by atoms with Gasteiger partial charge in [-0.15, -0.1) is 0 Å². The summed E-state index contributed by atoms with van der Waals surface area (Å²) in [6.45, 7) is 0. The van der Waals surface area contributed by atoms with Crippen LogP contribution < -0.4 is 10.5 Å². The van der Waals surface area contributed by atoms with Crippen LogP contribution in [0.25, 0.3) is 10.8 Å². The Hall–Kier alpha value is -2.51. The third-order valence-electron chi connectivity index (χ3n) is 3.23. The predicted molar refractivity (Wildman–Crippen MR) is 87.3 cm³/mol. The molecule has 0 aromatic heterocycles. The SMILES string of the molecule is N#Cc1cccc(Oc2ccc3ccccc3c2Br)c1N. The number of rotatable bonds is 2. The summed E-state index contributed by atoms with van der Waals surface area (Å²) in [6, 6.07) is 19.1. The quantitative estimate of drug-likeness (QED) is 0.679. The van der Waals surface area contributed by atoms with Gasteiger partial charge in [-0.1, -0.05) is 36.4 Å². The van der Waals surface area contributed by atoms with Crippen molar-refractivity contribution in [3.63, 3.8) is 0 Å². The second kappa shape index (κ2) is 5.47. The Kier molecular flexibility index (Phi) is 3.51. The van der Waals surface area contributed by atoms with E-state index in [4.69, 9.17) is 15.7 Å². The van der Waals surface area contributed by atoms with Crippen molar-refractivity contribution < 1.29 is 4.74 Å². The van der Waals surface area contributed by atoms with Gasteiger partial charge in [0.15, 0.2) is 5.75 Å². The lowest BCUT2D eigenvalue weighted by atomic mass is 10.1. The van der Waals surface area contributed by atoms with E-state index in [2.05, 4.69) is 15.9 Å². The Morgan fingerprint density at radius 1 is 0.952 bits per heavy atom. The summed E-state index contributed by atoms with van der Waals surface area (Å²) in [6.07, 6.45) is 0. The smallest absolute Gasteiger partial charge is 0.151 e. The molecule has 0 radical (unpaired) electrons. The Bertz CT molecular complexity index is 868. The second-order valence-electron chi connectivity index (χ2n) is 4.53. The van der Waals surface area contributed by atoms with Gasteiger partial charge in [-0.2, -0.15) is 5.26 Å². The number of hydrogen-bond acceptors (Lipinski definition) is 3. The van der Waals surface area contributed by atoms with E-state index in [0.717, 1.165) is 15.2 Å². The molecule has 0 aliphatic heterocycles. The minimum atomic E-state index is 0.347. The van der Waals surface area contributed by atoms with E-state index in [0.29, 0.717) is 22.7 Å². The number of nitrogens with two attached hydrogens (primary N) is 1. The van der Waals surface area contributed by atoms with E-state index in [-0.39, 0.29) is 0 Å². The molecular formula is C17H11BrN2O. The van der Waals surface area contributed by atoms with Gasteiger partial charge < -0.3 is 10.5 Å². The number of ether oxygens (including phenoxy) is 1. The Balaban J connectivity index is 2.07. The van der Waals surface area contributed by atoms with Crippen LogP contribution in [0, 0.1) is 11.3 Å². The van der Waals surface area contributed by atoms with Crippen LogP contribution in [0.5, 0.6) is 11.5 Å². The van der Waals surface area contributed by atoms with Gasteiger partial charge in [-0.3, -0.25) is 0 Å². The monoisotopic (exact) mass is 338 g/mol. The van der Waals surface area contributed by atoms with E-state index >= 15 is 0 Å². The molecule has 0 heterocycles. The van der Waals surface area contributed by atoms with Gasteiger partial charge in [-0.05, 0) is 44.9 Å². The number of nitriles is 1. The lowest BCUT2D eigenvalue weighted by Gasteiger charge is -2.12. The molecule has 4 heteroatoms. The number of anilines is 1. The summed E-state index contributed by atoms with van der Waals surface area (Å²) in [5, 5.41) is 11.2. The summed E-state index contributed by atoms with van der Waals surface area (Å²) in [7, 11) is 0. The largest absolute Gasteiger partial charge is 0.454 e. The molecular weight excluding hydrogens is 328 g/mol. The highest BCUT2D eigenvalue weighted by Crippen LogP contribution is 2.37. The number of halogens is 1. The van der Waals surface area contributed by atoms with Crippen LogP contribution in [0.2, 0.25) is 0 Å². The van der Waals surface area contributed by atoms with Crippen molar-refractivity contribution in [2.45, 2.75) is 0 Å². The summed E-state index contributed by atoms with van der Waals surface area (Å²) in [4.78, 5) is 0. The first-order chi connectivity index (χ1) is 10.2. The van der Waals surface area contributed by atoms with Gasteiger partial charge in [0.25, 0.3) is 0 Å². The summed E-state index contributed by atoms with van der Waals surface area (Å²) in [5.41, 5.74) is 6.70. The molecule has 0 saturated heterocycles. The molecule has 0 bridgehead atoms. The molecule has 0 spiro atoms. The van der Waals surface area contributed by atoms with Crippen LogP contribution in [-0.4, -0.2) is 0 Å². The maximum atomic E-state index is 9.01. The topological polar surface area (TPSA) is 59.0 Å². The van der Waals surface area contributed by atoms with Crippen molar-refractivity contribution in [3.05, 3.63) is 64.6 Å². The van der Waals surface area contributed by atoms with E-state index in [1.54, 1.807) is 18.2 Å². The molecule has 0 aliphatic carbocycles. The van der Waals surface area contributed by atoms with Crippen LogP contribution in [0.15, 0.2) is 59.1 Å². The third kappa shape index (κ3) is 2.44. The number of nitrogens with zero attached hydrogens (tertiary/aromatic N) is 1. The molecule has 0 amide bonds. The van der Waals surface area contributed by atoms with Crippen molar-refractivity contribution in [2.75, 3.05) is 5.73 Å². The van der Waals surface area contributed by atoms with Crippen molar-refractivity contribution in [1.82, 2.24) is 0 Å².